The van der Waals surface area contributed by atoms with Gasteiger partial charge in [-0.2, -0.15) is 0 Å². The lowest BCUT2D eigenvalue weighted by Crippen LogP contribution is -2.34. The summed E-state index contributed by atoms with van der Waals surface area (Å²) >= 11 is 0. The molecule has 1 aliphatic rings. The van der Waals surface area contributed by atoms with Gasteiger partial charge in [-0.05, 0) is 61.9 Å². The molecule has 0 unspecified atom stereocenters. The van der Waals surface area contributed by atoms with E-state index in [1.54, 1.807) is 0 Å². The normalized spacial score (nSPS) is 16.6. The summed E-state index contributed by atoms with van der Waals surface area (Å²) in [6, 6.07) is 6.81. The first-order valence-corrected chi connectivity index (χ1v) is 7.90. The molecule has 0 atom stereocenters. The maximum Gasteiger partial charge on any atom is 0.0460 e. The molecular formula is C17H28N2O. The third kappa shape index (κ3) is 3.97. The molecule has 20 heavy (non-hydrogen) atoms. The van der Waals surface area contributed by atoms with E-state index >= 15 is 0 Å². The minimum atomic E-state index is 0.342. The van der Waals surface area contributed by atoms with Gasteiger partial charge in [-0.1, -0.05) is 13.0 Å². The zero-order valence-corrected chi connectivity index (χ0v) is 12.9. The lowest BCUT2D eigenvalue weighted by molar-refractivity contribution is 0.203. The summed E-state index contributed by atoms with van der Waals surface area (Å²) in [7, 11) is 0. The summed E-state index contributed by atoms with van der Waals surface area (Å²) < 4.78 is 0. The molecule has 2 N–H and O–H groups in total. The van der Waals surface area contributed by atoms with Gasteiger partial charge in [0.2, 0.25) is 0 Å². The quantitative estimate of drug-likeness (QED) is 0.784. The molecule has 0 radical (unpaired) electrons. The van der Waals surface area contributed by atoms with Crippen LogP contribution in [-0.2, 0) is 6.54 Å². The minimum Gasteiger partial charge on any atom is -0.396 e. The van der Waals surface area contributed by atoms with Gasteiger partial charge >= 0.3 is 0 Å². The molecule has 0 aromatic heterocycles. The topological polar surface area (TPSA) is 35.5 Å². The number of aryl methyl sites for hydroxylation is 1. The molecule has 1 saturated heterocycles. The van der Waals surface area contributed by atoms with Crippen LogP contribution in [0.2, 0.25) is 0 Å². The van der Waals surface area contributed by atoms with Gasteiger partial charge in [0.25, 0.3) is 0 Å². The van der Waals surface area contributed by atoms with Crippen LogP contribution in [0.5, 0.6) is 0 Å². The zero-order valence-electron chi connectivity index (χ0n) is 12.9. The number of hydrogen-bond acceptors (Lipinski definition) is 3. The van der Waals surface area contributed by atoms with Crippen molar-refractivity contribution in [2.24, 2.45) is 5.92 Å². The largest absolute Gasteiger partial charge is 0.396 e. The number of anilines is 1. The summed E-state index contributed by atoms with van der Waals surface area (Å²) in [5.74, 6) is 0.505. The molecule has 0 bridgehead atoms. The van der Waals surface area contributed by atoms with Gasteiger partial charge < -0.3 is 15.3 Å². The van der Waals surface area contributed by atoms with Crippen LogP contribution in [0.4, 0.5) is 5.69 Å². The summed E-state index contributed by atoms with van der Waals surface area (Å²) in [5, 5.41) is 12.7. The molecule has 3 heteroatoms. The summed E-state index contributed by atoms with van der Waals surface area (Å²) in [4.78, 5) is 2.45. The predicted molar refractivity (Wildman–Crippen MR) is 85.2 cm³/mol. The van der Waals surface area contributed by atoms with E-state index in [0.717, 1.165) is 39.0 Å². The minimum absolute atomic E-state index is 0.342. The average Bonchev–Trinajstić information content (AvgIpc) is 2.49. The highest BCUT2D eigenvalue weighted by Gasteiger charge is 2.18. The maximum absolute atomic E-state index is 9.21. The predicted octanol–water partition coefficient (Wildman–Crippen LogP) is 2.70. The second-order valence-electron chi connectivity index (χ2n) is 5.90. The third-order valence-corrected chi connectivity index (χ3v) is 4.31. The van der Waals surface area contributed by atoms with Crippen LogP contribution in [0.25, 0.3) is 0 Å². The number of piperidine rings is 1. The van der Waals surface area contributed by atoms with Crippen LogP contribution in [0.3, 0.4) is 0 Å². The van der Waals surface area contributed by atoms with Gasteiger partial charge in [-0.3, -0.25) is 0 Å². The van der Waals surface area contributed by atoms with Crippen LogP contribution in [0.15, 0.2) is 18.2 Å². The van der Waals surface area contributed by atoms with E-state index in [9.17, 15) is 5.11 Å². The molecule has 1 fully saturated rings. The van der Waals surface area contributed by atoms with Crippen molar-refractivity contribution >= 4 is 5.69 Å². The number of nitrogens with zero attached hydrogens (tertiary/aromatic N) is 1. The summed E-state index contributed by atoms with van der Waals surface area (Å²) in [6.45, 7) is 8.92. The smallest absolute Gasteiger partial charge is 0.0460 e. The van der Waals surface area contributed by atoms with Crippen LogP contribution < -0.4 is 10.2 Å². The third-order valence-electron chi connectivity index (χ3n) is 4.31. The molecule has 0 aliphatic carbocycles. The average molecular weight is 276 g/mol. The number of aliphatic hydroxyl groups excluding tert-OH is 1. The second kappa shape index (κ2) is 7.65. The molecule has 3 nitrogen and oxygen atoms in total. The van der Waals surface area contributed by atoms with Crippen molar-refractivity contribution < 1.29 is 5.11 Å². The highest BCUT2D eigenvalue weighted by atomic mass is 16.3. The molecule has 0 amide bonds. The van der Waals surface area contributed by atoms with Crippen LogP contribution in [0.1, 0.15) is 37.3 Å². The molecule has 0 spiro atoms. The molecule has 112 valence electrons. The lowest BCUT2D eigenvalue weighted by Gasteiger charge is -2.33. The number of aliphatic hydroxyl groups is 1. The van der Waals surface area contributed by atoms with Crippen molar-refractivity contribution in [2.45, 2.75) is 39.7 Å². The molecule has 2 rings (SSSR count). The van der Waals surface area contributed by atoms with Crippen LogP contribution >= 0.6 is 0 Å². The van der Waals surface area contributed by atoms with Crippen molar-refractivity contribution in [3.8, 4) is 0 Å². The van der Waals surface area contributed by atoms with E-state index in [-0.39, 0.29) is 0 Å². The van der Waals surface area contributed by atoms with E-state index < -0.39 is 0 Å². The fraction of sp³-hybridized carbons (Fsp3) is 0.647. The Bertz CT molecular complexity index is 411. The Kier molecular flexibility index (Phi) is 5.86. The lowest BCUT2D eigenvalue weighted by atomic mass is 9.97. The first-order valence-electron chi connectivity index (χ1n) is 7.90. The molecule has 1 aromatic carbocycles. The number of nitrogens with one attached hydrogen (secondary N) is 1. The van der Waals surface area contributed by atoms with Gasteiger partial charge in [0.1, 0.15) is 0 Å². The Morgan fingerprint density at radius 2 is 2.05 bits per heavy atom. The van der Waals surface area contributed by atoms with Gasteiger partial charge in [0, 0.05) is 31.9 Å². The SMILES string of the molecule is CCCNCc1ccc(N2CCC(CO)CC2)cc1C. The van der Waals surface area contributed by atoms with E-state index in [1.807, 2.05) is 0 Å². The van der Waals surface area contributed by atoms with Gasteiger partial charge in [-0.15, -0.1) is 0 Å². The first-order chi connectivity index (χ1) is 9.74. The van der Waals surface area contributed by atoms with E-state index in [0.29, 0.717) is 12.5 Å². The van der Waals surface area contributed by atoms with Gasteiger partial charge in [0.05, 0.1) is 0 Å². The van der Waals surface area contributed by atoms with E-state index in [1.165, 1.54) is 23.2 Å². The Morgan fingerprint density at radius 1 is 1.30 bits per heavy atom. The monoisotopic (exact) mass is 276 g/mol. The van der Waals surface area contributed by atoms with E-state index in [2.05, 4.69) is 42.3 Å². The molecular weight excluding hydrogens is 248 g/mol. The summed E-state index contributed by atoms with van der Waals surface area (Å²) in [5.41, 5.74) is 4.10. The van der Waals surface area contributed by atoms with Crippen LogP contribution in [-0.4, -0.2) is 31.3 Å². The zero-order chi connectivity index (χ0) is 14.4. The summed E-state index contributed by atoms with van der Waals surface area (Å²) in [6.07, 6.45) is 3.39. The molecule has 1 aliphatic heterocycles. The second-order valence-corrected chi connectivity index (χ2v) is 5.90. The highest BCUT2D eigenvalue weighted by Crippen LogP contribution is 2.25. The Balaban J connectivity index is 1.95. The van der Waals surface area contributed by atoms with Crippen LogP contribution in [0, 0.1) is 12.8 Å². The highest BCUT2D eigenvalue weighted by molar-refractivity contribution is 5.51. The molecule has 0 saturated carbocycles. The van der Waals surface area contributed by atoms with Crippen molar-refractivity contribution in [2.75, 3.05) is 31.1 Å². The van der Waals surface area contributed by atoms with Gasteiger partial charge in [-0.25, -0.2) is 0 Å². The standard InChI is InChI=1S/C17H28N2O/c1-3-8-18-12-16-4-5-17(11-14(16)2)19-9-6-15(13-20)7-10-19/h4-5,11,15,18,20H,3,6-10,12-13H2,1-2H3. The number of hydrogen-bond donors (Lipinski definition) is 2. The first kappa shape index (κ1) is 15.3. The van der Waals surface area contributed by atoms with Crippen molar-refractivity contribution in [3.63, 3.8) is 0 Å². The van der Waals surface area contributed by atoms with E-state index in [4.69, 9.17) is 0 Å². The maximum atomic E-state index is 9.21. The molecule has 1 heterocycles. The fourth-order valence-corrected chi connectivity index (χ4v) is 2.85. The number of rotatable bonds is 6. The Labute approximate surface area is 123 Å². The van der Waals surface area contributed by atoms with Crippen molar-refractivity contribution in [3.05, 3.63) is 29.3 Å². The van der Waals surface area contributed by atoms with Crippen molar-refractivity contribution in [1.82, 2.24) is 5.32 Å². The van der Waals surface area contributed by atoms with Crippen molar-refractivity contribution in [1.29, 1.82) is 0 Å². The Morgan fingerprint density at radius 3 is 2.65 bits per heavy atom. The molecule has 1 aromatic rings. The Hall–Kier alpha value is -1.06. The fourth-order valence-electron chi connectivity index (χ4n) is 2.85. The number of benzene rings is 1. The van der Waals surface area contributed by atoms with Gasteiger partial charge in [0.15, 0.2) is 0 Å².